The highest BCUT2D eigenvalue weighted by atomic mass is 32.2. The predicted molar refractivity (Wildman–Crippen MR) is 104 cm³/mol. The van der Waals surface area contributed by atoms with E-state index in [1.807, 2.05) is 0 Å². The molecule has 0 aliphatic rings. The molecule has 3 aromatic rings. The molecule has 0 saturated heterocycles. The standard InChI is InChI=1S/C18H16N2O6S2/c1-2-27(22,23)12-7-10-18(28(24,25)26)16(11-12)20-19-15-8-9-17(21)14-6-4-3-5-13(14)15/h3-11,21H,2H2,1H3,(H,24,25,26). The Kier molecular flexibility index (Phi) is 5.20. The molecule has 0 aromatic heterocycles. The van der Waals surface area contributed by atoms with Crippen molar-refractivity contribution in [3.8, 4) is 5.75 Å². The number of phenols is 1. The van der Waals surface area contributed by atoms with Gasteiger partial charge in [-0.2, -0.15) is 8.42 Å². The fourth-order valence-electron chi connectivity index (χ4n) is 2.62. The van der Waals surface area contributed by atoms with Crippen LogP contribution in [0.3, 0.4) is 0 Å². The van der Waals surface area contributed by atoms with Gasteiger partial charge < -0.3 is 5.11 Å². The Balaban J connectivity index is 2.18. The first kappa shape index (κ1) is 19.9. The molecule has 0 amide bonds. The van der Waals surface area contributed by atoms with Crippen LogP contribution in [0.2, 0.25) is 0 Å². The van der Waals surface area contributed by atoms with Gasteiger partial charge in [0.1, 0.15) is 16.3 Å². The smallest absolute Gasteiger partial charge is 0.296 e. The molecule has 3 aromatic carbocycles. The zero-order chi connectivity index (χ0) is 20.5. The second kappa shape index (κ2) is 7.30. The molecule has 0 atom stereocenters. The van der Waals surface area contributed by atoms with Gasteiger partial charge >= 0.3 is 0 Å². The van der Waals surface area contributed by atoms with Crippen LogP contribution >= 0.6 is 0 Å². The van der Waals surface area contributed by atoms with Gasteiger partial charge in [0.05, 0.1) is 16.3 Å². The van der Waals surface area contributed by atoms with Gasteiger partial charge in [0.2, 0.25) is 0 Å². The molecular formula is C18H16N2O6S2. The van der Waals surface area contributed by atoms with E-state index in [1.165, 1.54) is 19.1 Å². The number of fused-ring (bicyclic) bond motifs is 1. The Labute approximate surface area is 161 Å². The highest BCUT2D eigenvalue weighted by Gasteiger charge is 2.20. The maximum atomic E-state index is 12.1. The van der Waals surface area contributed by atoms with Gasteiger partial charge in [0.25, 0.3) is 10.1 Å². The largest absolute Gasteiger partial charge is 0.507 e. The van der Waals surface area contributed by atoms with Gasteiger partial charge in [-0.25, -0.2) is 8.42 Å². The quantitative estimate of drug-likeness (QED) is 0.473. The van der Waals surface area contributed by atoms with E-state index in [9.17, 15) is 26.5 Å². The molecule has 8 nitrogen and oxygen atoms in total. The average Bonchev–Trinajstić information content (AvgIpc) is 2.66. The summed E-state index contributed by atoms with van der Waals surface area (Å²) in [5.41, 5.74) is 0.0209. The molecule has 0 aliphatic heterocycles. The normalized spacial score (nSPS) is 12.6. The Bertz CT molecular complexity index is 1300. The van der Waals surface area contributed by atoms with Gasteiger partial charge in [-0.05, 0) is 30.3 Å². The van der Waals surface area contributed by atoms with Crippen LogP contribution in [0.1, 0.15) is 6.92 Å². The number of hydrogen-bond donors (Lipinski definition) is 2. The van der Waals surface area contributed by atoms with Crippen LogP contribution in [0, 0.1) is 0 Å². The van der Waals surface area contributed by atoms with Crippen LogP contribution < -0.4 is 0 Å². The Morgan fingerprint density at radius 2 is 1.50 bits per heavy atom. The summed E-state index contributed by atoms with van der Waals surface area (Å²) in [7, 11) is -8.26. The first-order chi connectivity index (χ1) is 13.1. The summed E-state index contributed by atoms with van der Waals surface area (Å²) in [6.07, 6.45) is 0. The van der Waals surface area contributed by atoms with E-state index in [1.54, 1.807) is 24.3 Å². The minimum absolute atomic E-state index is 0.0456. The molecule has 0 unspecified atom stereocenters. The van der Waals surface area contributed by atoms with Gasteiger partial charge in [-0.3, -0.25) is 4.55 Å². The highest BCUT2D eigenvalue weighted by Crippen LogP contribution is 2.35. The second-order valence-electron chi connectivity index (χ2n) is 5.86. The third-order valence-electron chi connectivity index (χ3n) is 4.09. The summed E-state index contributed by atoms with van der Waals surface area (Å²) in [6, 6.07) is 12.9. The summed E-state index contributed by atoms with van der Waals surface area (Å²) < 4.78 is 56.8. The van der Waals surface area contributed by atoms with E-state index < -0.39 is 24.9 Å². The van der Waals surface area contributed by atoms with E-state index >= 15 is 0 Å². The number of nitrogens with zero attached hydrogens (tertiary/aromatic N) is 2. The molecule has 3 rings (SSSR count). The first-order valence-corrected chi connectivity index (χ1v) is 11.2. The number of phenolic OH excluding ortho intramolecular Hbond substituents is 1. The zero-order valence-electron chi connectivity index (χ0n) is 14.6. The summed E-state index contributed by atoms with van der Waals surface area (Å²) in [5, 5.41) is 18.9. The van der Waals surface area contributed by atoms with E-state index in [0.717, 1.165) is 18.2 Å². The van der Waals surface area contributed by atoms with Crippen molar-refractivity contribution in [2.45, 2.75) is 16.7 Å². The lowest BCUT2D eigenvalue weighted by Crippen LogP contribution is -2.05. The number of benzene rings is 3. The zero-order valence-corrected chi connectivity index (χ0v) is 16.3. The fourth-order valence-corrected chi connectivity index (χ4v) is 4.12. The lowest BCUT2D eigenvalue weighted by molar-refractivity contribution is 0.481. The molecule has 0 heterocycles. The van der Waals surface area contributed by atoms with Crippen molar-refractivity contribution in [3.05, 3.63) is 54.6 Å². The molecule has 2 N–H and O–H groups in total. The number of sulfone groups is 1. The minimum Gasteiger partial charge on any atom is -0.507 e. The maximum absolute atomic E-state index is 12.1. The minimum atomic E-state index is -4.64. The topological polar surface area (TPSA) is 133 Å². The van der Waals surface area contributed by atoms with Crippen LogP contribution in [-0.4, -0.2) is 32.2 Å². The molecule has 0 radical (unpaired) electrons. The number of azo groups is 1. The van der Waals surface area contributed by atoms with Crippen LogP contribution in [0.5, 0.6) is 5.75 Å². The number of aromatic hydroxyl groups is 1. The van der Waals surface area contributed by atoms with Gasteiger partial charge in [-0.1, -0.05) is 31.2 Å². The van der Waals surface area contributed by atoms with Crippen molar-refractivity contribution < 1.29 is 26.5 Å². The predicted octanol–water partition coefficient (Wildman–Crippen LogP) is 4.00. The molecule has 28 heavy (non-hydrogen) atoms. The summed E-state index contributed by atoms with van der Waals surface area (Å²) >= 11 is 0. The Morgan fingerprint density at radius 3 is 2.14 bits per heavy atom. The van der Waals surface area contributed by atoms with Crippen LogP contribution in [0.25, 0.3) is 10.8 Å². The summed E-state index contributed by atoms with van der Waals surface area (Å²) in [5.74, 6) is -0.138. The van der Waals surface area contributed by atoms with Crippen LogP contribution in [0.4, 0.5) is 11.4 Å². The van der Waals surface area contributed by atoms with E-state index in [0.29, 0.717) is 16.5 Å². The number of rotatable bonds is 5. The number of hydrogen-bond acceptors (Lipinski definition) is 7. The Hall–Kier alpha value is -2.82. The van der Waals surface area contributed by atoms with Crippen molar-refractivity contribution in [1.29, 1.82) is 0 Å². The fraction of sp³-hybridized carbons (Fsp3) is 0.111. The second-order valence-corrected chi connectivity index (χ2v) is 9.53. The van der Waals surface area contributed by atoms with E-state index in [4.69, 9.17) is 0 Å². The van der Waals surface area contributed by atoms with Gasteiger partial charge in [0.15, 0.2) is 9.84 Å². The van der Waals surface area contributed by atoms with Crippen molar-refractivity contribution in [3.63, 3.8) is 0 Å². The molecule has 10 heteroatoms. The molecule has 0 spiro atoms. The summed E-state index contributed by atoms with van der Waals surface area (Å²) in [6.45, 7) is 1.45. The van der Waals surface area contributed by atoms with Crippen molar-refractivity contribution in [2.24, 2.45) is 10.2 Å². The molecule has 0 saturated carbocycles. The highest BCUT2D eigenvalue weighted by molar-refractivity contribution is 7.91. The van der Waals surface area contributed by atoms with E-state index in [-0.39, 0.29) is 22.1 Å². The lowest BCUT2D eigenvalue weighted by Gasteiger charge is -2.07. The molecule has 0 aliphatic carbocycles. The average molecular weight is 420 g/mol. The molecule has 0 fully saturated rings. The summed E-state index contributed by atoms with van der Waals surface area (Å²) in [4.78, 5) is -0.693. The van der Waals surface area contributed by atoms with Crippen molar-refractivity contribution in [1.82, 2.24) is 0 Å². The Morgan fingerprint density at radius 1 is 0.857 bits per heavy atom. The lowest BCUT2D eigenvalue weighted by atomic mass is 10.1. The maximum Gasteiger partial charge on any atom is 0.296 e. The van der Waals surface area contributed by atoms with E-state index in [2.05, 4.69) is 10.2 Å². The SMILES string of the molecule is CCS(=O)(=O)c1ccc(S(=O)(=O)O)c(N=Nc2ccc(O)c3ccccc23)c1. The van der Waals surface area contributed by atoms with Gasteiger partial charge in [-0.15, -0.1) is 10.2 Å². The molecule has 146 valence electrons. The van der Waals surface area contributed by atoms with Crippen molar-refractivity contribution >= 4 is 42.1 Å². The monoisotopic (exact) mass is 420 g/mol. The third-order valence-corrected chi connectivity index (χ3v) is 6.72. The van der Waals surface area contributed by atoms with Crippen LogP contribution in [0.15, 0.2) is 74.6 Å². The van der Waals surface area contributed by atoms with Crippen molar-refractivity contribution in [2.75, 3.05) is 5.75 Å². The van der Waals surface area contributed by atoms with Crippen LogP contribution in [-0.2, 0) is 20.0 Å². The first-order valence-electron chi connectivity index (χ1n) is 8.10. The van der Waals surface area contributed by atoms with Gasteiger partial charge in [0, 0.05) is 10.8 Å². The molecular weight excluding hydrogens is 404 g/mol. The molecule has 0 bridgehead atoms. The third kappa shape index (κ3) is 3.88.